The van der Waals surface area contributed by atoms with Crippen molar-refractivity contribution in [3.63, 3.8) is 0 Å². The second-order valence-electron chi connectivity index (χ2n) is 18.2. The molecule has 13 nitrogen and oxygen atoms in total. The summed E-state index contributed by atoms with van der Waals surface area (Å²) in [6.07, 6.45) is 8.08. The van der Waals surface area contributed by atoms with Crippen molar-refractivity contribution in [3.8, 4) is 12.1 Å². The third kappa shape index (κ3) is 8.49. The fourth-order valence-electron chi connectivity index (χ4n) is 9.37. The molecule has 0 spiro atoms. The van der Waals surface area contributed by atoms with Crippen molar-refractivity contribution in [3.05, 3.63) is 143 Å². The molecule has 0 aliphatic carbocycles. The fourth-order valence-corrected chi connectivity index (χ4v) is 9.37. The molecule has 0 bridgehead atoms. The minimum Gasteiger partial charge on any atom is -0.312 e. The van der Waals surface area contributed by atoms with Crippen LogP contribution in [0.5, 0.6) is 0 Å². The van der Waals surface area contributed by atoms with Crippen LogP contribution in [0.1, 0.15) is 84.3 Å². The number of rotatable bonds is 8. The molecule has 5 heterocycles. The Morgan fingerprint density at radius 1 is 0.672 bits per heavy atom. The zero-order valence-electron chi connectivity index (χ0n) is 36.3. The SMILES string of the molecule is CC1(C)CN(C(=O)C2CC(=O)N(c3cccc(C#N)c3)C2)c2ccc(C=O)cc21.CC1(C)CN(C(=O)[C@H]2CC(=O)N(c3cccc(C#N)c3)C2)c2ccc(CCc3cncnc3)cc21. The third-order valence-corrected chi connectivity index (χ3v) is 12.7. The van der Waals surface area contributed by atoms with Gasteiger partial charge in [-0.05, 0) is 95.8 Å². The molecule has 4 aliphatic rings. The normalized spacial score (nSPS) is 19.0. The van der Waals surface area contributed by atoms with Crippen molar-refractivity contribution in [2.24, 2.45) is 11.8 Å². The highest BCUT2D eigenvalue weighted by Gasteiger charge is 2.45. The number of fused-ring (bicyclic) bond motifs is 2. The van der Waals surface area contributed by atoms with Gasteiger partial charge in [-0.3, -0.25) is 24.0 Å². The number of anilines is 4. The summed E-state index contributed by atoms with van der Waals surface area (Å²) in [6.45, 7) is 10.1. The molecule has 4 aliphatic heterocycles. The van der Waals surface area contributed by atoms with Gasteiger partial charge < -0.3 is 19.6 Å². The monoisotopic (exact) mass is 852 g/mol. The molecule has 2 fully saturated rings. The van der Waals surface area contributed by atoms with Gasteiger partial charge in [-0.2, -0.15) is 10.5 Å². The van der Waals surface area contributed by atoms with Crippen molar-refractivity contribution in [1.82, 2.24) is 9.97 Å². The second-order valence-corrected chi connectivity index (χ2v) is 18.2. The van der Waals surface area contributed by atoms with Gasteiger partial charge in [0.2, 0.25) is 23.6 Å². The molecule has 0 saturated carbocycles. The Morgan fingerprint density at radius 3 is 1.66 bits per heavy atom. The molecule has 4 amide bonds. The average molecular weight is 853 g/mol. The molecule has 2 saturated heterocycles. The van der Waals surface area contributed by atoms with Gasteiger partial charge in [0.15, 0.2) is 0 Å². The van der Waals surface area contributed by atoms with E-state index in [2.05, 4.69) is 48.1 Å². The minimum absolute atomic E-state index is 0.0155. The van der Waals surface area contributed by atoms with Gasteiger partial charge in [0.1, 0.15) is 12.6 Å². The molecule has 2 atom stereocenters. The van der Waals surface area contributed by atoms with Gasteiger partial charge >= 0.3 is 0 Å². The van der Waals surface area contributed by atoms with Crippen LogP contribution in [0, 0.1) is 34.5 Å². The lowest BCUT2D eigenvalue weighted by molar-refractivity contribution is -0.124. The Hall–Kier alpha value is -7.51. The molecule has 9 rings (SSSR count). The lowest BCUT2D eigenvalue weighted by atomic mass is 9.85. The van der Waals surface area contributed by atoms with E-state index >= 15 is 0 Å². The lowest BCUT2D eigenvalue weighted by Crippen LogP contribution is -2.39. The molecule has 322 valence electrons. The summed E-state index contributed by atoms with van der Waals surface area (Å²) in [7, 11) is 0. The van der Waals surface area contributed by atoms with Crippen LogP contribution in [0.4, 0.5) is 22.7 Å². The van der Waals surface area contributed by atoms with Crippen LogP contribution < -0.4 is 19.6 Å². The topological polar surface area (TPSA) is 172 Å². The van der Waals surface area contributed by atoms with Crippen LogP contribution in [-0.2, 0) is 42.8 Å². The molecule has 4 aromatic carbocycles. The van der Waals surface area contributed by atoms with Crippen molar-refractivity contribution in [2.45, 2.75) is 64.2 Å². The zero-order valence-corrected chi connectivity index (χ0v) is 36.3. The number of aromatic nitrogens is 2. The highest BCUT2D eigenvalue weighted by atomic mass is 16.2. The van der Waals surface area contributed by atoms with Crippen molar-refractivity contribution < 1.29 is 24.0 Å². The average Bonchev–Trinajstić information content (AvgIpc) is 4.05. The summed E-state index contributed by atoms with van der Waals surface area (Å²) < 4.78 is 0. The van der Waals surface area contributed by atoms with E-state index in [0.29, 0.717) is 54.2 Å². The zero-order chi connectivity index (χ0) is 45.3. The molecular formula is C51H48N8O5. The summed E-state index contributed by atoms with van der Waals surface area (Å²) >= 11 is 0. The van der Waals surface area contributed by atoms with Crippen LogP contribution >= 0.6 is 0 Å². The fraction of sp³-hybridized carbons (Fsp3) is 0.314. The first-order valence-corrected chi connectivity index (χ1v) is 21.4. The van der Waals surface area contributed by atoms with Crippen molar-refractivity contribution in [1.29, 1.82) is 10.5 Å². The van der Waals surface area contributed by atoms with Gasteiger partial charge in [-0.25, -0.2) is 9.97 Å². The third-order valence-electron chi connectivity index (χ3n) is 12.7. The number of nitriles is 2. The predicted octanol–water partition coefficient (Wildman–Crippen LogP) is 6.86. The van der Waals surface area contributed by atoms with Crippen molar-refractivity contribution in [2.75, 3.05) is 45.8 Å². The first-order chi connectivity index (χ1) is 30.7. The van der Waals surface area contributed by atoms with Crippen molar-refractivity contribution >= 4 is 52.7 Å². The molecule has 13 heteroatoms. The highest BCUT2D eigenvalue weighted by Crippen LogP contribution is 2.44. The standard InChI is InChI=1S/C28H27N5O2.C23H21N3O3/c1-28(2)17-33(25-9-8-19(11-24(25)28)6-7-21-14-30-18-31-15-21)27(35)22-12-26(34)32(16-22)23-5-3-4-20(10-23)13-29;1-23(2)14-26(20-7-6-16(13-27)9-19(20)23)22(29)17-10-21(28)25(12-17)18-5-3-4-15(8-18)11-24/h3-5,8-11,14-15,18,22H,6-7,12,16-17H2,1-2H3;3-9,13,17H,10,12,14H2,1-2H3/t22-;/m0./s1. The maximum atomic E-state index is 13.6. The Balaban J connectivity index is 0.000000178. The van der Waals surface area contributed by atoms with E-state index in [-0.39, 0.29) is 47.3 Å². The summed E-state index contributed by atoms with van der Waals surface area (Å²) in [4.78, 5) is 78.5. The maximum absolute atomic E-state index is 13.6. The first kappa shape index (κ1) is 43.2. The molecule has 0 N–H and O–H groups in total. The molecule has 0 radical (unpaired) electrons. The second kappa shape index (κ2) is 17.3. The number of carbonyl (C=O) groups is 5. The summed E-state index contributed by atoms with van der Waals surface area (Å²) in [5.74, 6) is -1.15. The quantitative estimate of drug-likeness (QED) is 0.151. The first-order valence-electron chi connectivity index (χ1n) is 21.4. The molecule has 1 aromatic heterocycles. The summed E-state index contributed by atoms with van der Waals surface area (Å²) in [6, 6.07) is 29.7. The number of hydrogen-bond donors (Lipinski definition) is 0. The van der Waals surface area contributed by atoms with Crippen LogP contribution in [0.3, 0.4) is 0 Å². The summed E-state index contributed by atoms with van der Waals surface area (Å²) in [5, 5.41) is 18.3. The minimum atomic E-state index is -0.444. The molecule has 5 aromatic rings. The van der Waals surface area contributed by atoms with E-state index in [1.807, 2.05) is 55.4 Å². The predicted molar refractivity (Wildman–Crippen MR) is 242 cm³/mol. The Kier molecular flexibility index (Phi) is 11.7. The Bertz CT molecular complexity index is 2770. The highest BCUT2D eigenvalue weighted by molar-refractivity contribution is 6.07. The smallest absolute Gasteiger partial charge is 0.232 e. The van der Waals surface area contributed by atoms with E-state index in [1.54, 1.807) is 63.2 Å². The number of amides is 4. The number of aldehydes is 1. The lowest BCUT2D eigenvalue weighted by Gasteiger charge is -2.23. The van der Waals surface area contributed by atoms with Crippen LogP contribution in [0.2, 0.25) is 0 Å². The Labute approximate surface area is 372 Å². The van der Waals surface area contributed by atoms with Crippen LogP contribution in [0.25, 0.3) is 0 Å². The number of aryl methyl sites for hydroxylation is 2. The van der Waals surface area contributed by atoms with E-state index in [0.717, 1.165) is 47.2 Å². The molecule has 1 unspecified atom stereocenters. The number of carbonyl (C=O) groups excluding carboxylic acids is 5. The largest absolute Gasteiger partial charge is 0.312 e. The van der Waals surface area contributed by atoms with Crippen LogP contribution in [0.15, 0.2) is 104 Å². The number of hydrogen-bond acceptors (Lipinski definition) is 9. The summed E-state index contributed by atoms with van der Waals surface area (Å²) in [5.41, 5.74) is 8.61. The maximum Gasteiger partial charge on any atom is 0.232 e. The van der Waals surface area contributed by atoms with E-state index in [1.165, 1.54) is 11.9 Å². The van der Waals surface area contributed by atoms with Crippen LogP contribution in [-0.4, -0.2) is 66.1 Å². The van der Waals surface area contributed by atoms with E-state index < -0.39 is 11.8 Å². The number of benzene rings is 4. The van der Waals surface area contributed by atoms with E-state index in [4.69, 9.17) is 5.26 Å². The van der Waals surface area contributed by atoms with Gasteiger partial charge in [0.25, 0.3) is 0 Å². The van der Waals surface area contributed by atoms with Gasteiger partial charge in [0, 0.05) is 90.6 Å². The van der Waals surface area contributed by atoms with Gasteiger partial charge in [-0.15, -0.1) is 0 Å². The Morgan fingerprint density at radius 2 is 1.16 bits per heavy atom. The molecular weight excluding hydrogens is 805 g/mol. The number of nitrogens with zero attached hydrogens (tertiary/aromatic N) is 8. The van der Waals surface area contributed by atoms with E-state index in [9.17, 15) is 29.2 Å². The van der Waals surface area contributed by atoms with Gasteiger partial charge in [-0.1, -0.05) is 52.0 Å². The van der Waals surface area contributed by atoms with Gasteiger partial charge in [0.05, 0.1) is 35.1 Å². The molecule has 64 heavy (non-hydrogen) atoms.